The maximum absolute atomic E-state index is 12.3. The van der Waals surface area contributed by atoms with Crippen LogP contribution in [0.1, 0.15) is 42.2 Å². The summed E-state index contributed by atoms with van der Waals surface area (Å²) < 4.78 is 7.61. The Morgan fingerprint density at radius 2 is 2.24 bits per heavy atom. The van der Waals surface area contributed by atoms with E-state index in [2.05, 4.69) is 15.7 Å². The smallest absolute Gasteiger partial charge is 0.271 e. The zero-order valence-electron chi connectivity index (χ0n) is 14.9. The third-order valence-electron chi connectivity index (χ3n) is 4.80. The molecule has 0 saturated carbocycles. The highest BCUT2D eigenvalue weighted by Crippen LogP contribution is 2.20. The molecule has 1 aromatic heterocycles. The van der Waals surface area contributed by atoms with E-state index in [-0.39, 0.29) is 17.9 Å². The lowest BCUT2D eigenvalue weighted by atomic mass is 10.1. The molecule has 3 heterocycles. The topological polar surface area (TPSA) is 88.5 Å². The summed E-state index contributed by atoms with van der Waals surface area (Å²) in [4.78, 5) is 25.7. The fourth-order valence-electron chi connectivity index (χ4n) is 3.34. The highest BCUT2D eigenvalue weighted by molar-refractivity contribution is 5.92. The highest BCUT2D eigenvalue weighted by Gasteiger charge is 2.31. The Kier molecular flexibility index (Phi) is 5.70. The minimum atomic E-state index is -0.394. The second kappa shape index (κ2) is 7.97. The molecule has 2 saturated heterocycles. The van der Waals surface area contributed by atoms with Gasteiger partial charge in [0.2, 0.25) is 0 Å². The van der Waals surface area contributed by atoms with Crippen LogP contribution in [0.2, 0.25) is 0 Å². The van der Waals surface area contributed by atoms with Gasteiger partial charge in [0.15, 0.2) is 0 Å². The largest absolute Gasteiger partial charge is 0.363 e. The van der Waals surface area contributed by atoms with Crippen LogP contribution in [-0.2, 0) is 9.53 Å². The molecule has 138 valence electrons. The maximum atomic E-state index is 12.3. The number of hydrogen-bond acceptors (Lipinski definition) is 5. The number of piperidine rings is 1. The number of carbonyl (C=O) groups excluding carboxylic acids is 2. The molecular weight excluding hydrogens is 322 g/mol. The third-order valence-corrected chi connectivity index (χ3v) is 4.80. The molecule has 25 heavy (non-hydrogen) atoms. The average molecular weight is 349 g/mol. The van der Waals surface area contributed by atoms with Gasteiger partial charge in [0.25, 0.3) is 11.8 Å². The van der Waals surface area contributed by atoms with Gasteiger partial charge in [-0.2, -0.15) is 5.10 Å². The lowest BCUT2D eigenvalue weighted by Gasteiger charge is -2.22. The first-order valence-electron chi connectivity index (χ1n) is 8.95. The molecule has 3 unspecified atom stereocenters. The normalized spacial score (nSPS) is 26.4. The second-order valence-corrected chi connectivity index (χ2v) is 6.95. The van der Waals surface area contributed by atoms with Gasteiger partial charge in [0, 0.05) is 33.4 Å². The van der Waals surface area contributed by atoms with Crippen molar-refractivity contribution in [2.75, 3.05) is 33.7 Å². The highest BCUT2D eigenvalue weighted by atomic mass is 16.5. The number of carbonyl (C=O) groups is 2. The molecule has 3 atom stereocenters. The number of nitrogens with zero attached hydrogens (tertiary/aromatic N) is 3. The Balaban J connectivity index is 1.47. The molecule has 1 aromatic rings. The summed E-state index contributed by atoms with van der Waals surface area (Å²) in [6.45, 7) is 2.33. The van der Waals surface area contributed by atoms with Crippen molar-refractivity contribution in [1.29, 1.82) is 0 Å². The molecular formula is C17H27N5O3. The van der Waals surface area contributed by atoms with E-state index in [1.54, 1.807) is 25.1 Å². The summed E-state index contributed by atoms with van der Waals surface area (Å²) >= 11 is 0. The molecule has 0 bridgehead atoms. The number of rotatable bonds is 5. The zero-order chi connectivity index (χ0) is 17.8. The summed E-state index contributed by atoms with van der Waals surface area (Å²) in [7, 11) is 3.44. The van der Waals surface area contributed by atoms with E-state index in [9.17, 15) is 9.59 Å². The number of ether oxygens (including phenoxy) is 1. The van der Waals surface area contributed by atoms with E-state index >= 15 is 0 Å². The predicted octanol–water partition coefficient (Wildman–Crippen LogP) is 0.173. The van der Waals surface area contributed by atoms with Gasteiger partial charge < -0.3 is 20.3 Å². The quantitative estimate of drug-likeness (QED) is 0.791. The van der Waals surface area contributed by atoms with Crippen molar-refractivity contribution >= 4 is 11.8 Å². The molecule has 0 aliphatic carbocycles. The summed E-state index contributed by atoms with van der Waals surface area (Å²) in [5.74, 6) is -0.220. The number of aromatic nitrogens is 2. The van der Waals surface area contributed by atoms with Crippen LogP contribution in [0, 0.1) is 0 Å². The number of amides is 2. The van der Waals surface area contributed by atoms with Crippen molar-refractivity contribution in [3.8, 4) is 0 Å². The van der Waals surface area contributed by atoms with Crippen molar-refractivity contribution in [2.45, 2.75) is 43.9 Å². The molecule has 2 aliphatic rings. The molecule has 8 heteroatoms. The van der Waals surface area contributed by atoms with Crippen LogP contribution in [0.25, 0.3) is 0 Å². The van der Waals surface area contributed by atoms with Gasteiger partial charge in [0.05, 0.1) is 12.1 Å². The fourth-order valence-corrected chi connectivity index (χ4v) is 3.34. The first-order chi connectivity index (χ1) is 12.0. The zero-order valence-corrected chi connectivity index (χ0v) is 14.9. The third kappa shape index (κ3) is 4.38. The van der Waals surface area contributed by atoms with Crippen LogP contribution < -0.4 is 10.6 Å². The molecule has 3 rings (SSSR count). The summed E-state index contributed by atoms with van der Waals surface area (Å²) in [5, 5.41) is 10.6. The molecule has 2 amide bonds. The van der Waals surface area contributed by atoms with Gasteiger partial charge in [-0.05, 0) is 38.3 Å². The lowest BCUT2D eigenvalue weighted by Crippen LogP contribution is -2.36. The lowest BCUT2D eigenvalue weighted by molar-refractivity contribution is -0.140. The van der Waals surface area contributed by atoms with E-state index in [0.29, 0.717) is 24.7 Å². The van der Waals surface area contributed by atoms with Crippen LogP contribution in [-0.4, -0.2) is 72.4 Å². The molecule has 0 aromatic carbocycles. The Morgan fingerprint density at radius 1 is 1.40 bits per heavy atom. The Hall–Kier alpha value is -1.93. The summed E-state index contributed by atoms with van der Waals surface area (Å²) in [5.41, 5.74) is 0.421. The molecule has 2 fully saturated rings. The Morgan fingerprint density at radius 3 is 2.96 bits per heavy atom. The van der Waals surface area contributed by atoms with Crippen molar-refractivity contribution in [3.63, 3.8) is 0 Å². The maximum Gasteiger partial charge on any atom is 0.271 e. The number of likely N-dealkylation sites (N-methyl/N-ethyl adjacent to an activating group) is 1. The van der Waals surface area contributed by atoms with Gasteiger partial charge in [-0.1, -0.05) is 0 Å². The van der Waals surface area contributed by atoms with Crippen molar-refractivity contribution < 1.29 is 14.3 Å². The van der Waals surface area contributed by atoms with Crippen molar-refractivity contribution in [1.82, 2.24) is 25.3 Å². The fraction of sp³-hybridized carbons (Fsp3) is 0.706. The SMILES string of the molecule is CN(C)C(=O)C1CCC(CNC(=O)c2ccn(C3CCCNC3)n2)O1. The standard InChI is InChI=1S/C17H27N5O3/c1-21(2)17(24)15-6-5-13(25-15)11-19-16(23)14-7-9-22(20-14)12-4-3-8-18-10-12/h7,9,12-13,15,18H,3-6,8,10-11H2,1-2H3,(H,19,23). The van der Waals surface area contributed by atoms with E-state index < -0.39 is 6.10 Å². The van der Waals surface area contributed by atoms with Crippen molar-refractivity contribution in [3.05, 3.63) is 18.0 Å². The Bertz CT molecular complexity index is 609. The first kappa shape index (κ1) is 17.9. The molecule has 2 N–H and O–H groups in total. The van der Waals surface area contributed by atoms with Crippen LogP contribution in [0.5, 0.6) is 0 Å². The first-order valence-corrected chi connectivity index (χ1v) is 8.95. The van der Waals surface area contributed by atoms with E-state index in [4.69, 9.17) is 4.74 Å². The van der Waals surface area contributed by atoms with Crippen LogP contribution in [0.3, 0.4) is 0 Å². The minimum Gasteiger partial charge on any atom is -0.363 e. The van der Waals surface area contributed by atoms with Gasteiger partial charge >= 0.3 is 0 Å². The monoisotopic (exact) mass is 349 g/mol. The van der Waals surface area contributed by atoms with E-state index in [0.717, 1.165) is 32.4 Å². The second-order valence-electron chi connectivity index (χ2n) is 6.95. The van der Waals surface area contributed by atoms with Gasteiger partial charge in [0.1, 0.15) is 11.8 Å². The van der Waals surface area contributed by atoms with Crippen molar-refractivity contribution in [2.24, 2.45) is 0 Å². The van der Waals surface area contributed by atoms with Gasteiger partial charge in [-0.25, -0.2) is 0 Å². The molecule has 0 spiro atoms. The number of nitrogens with one attached hydrogen (secondary N) is 2. The van der Waals surface area contributed by atoms with Crippen LogP contribution >= 0.6 is 0 Å². The predicted molar refractivity (Wildman–Crippen MR) is 92.3 cm³/mol. The molecule has 8 nitrogen and oxygen atoms in total. The summed E-state index contributed by atoms with van der Waals surface area (Å²) in [6, 6.07) is 2.06. The van der Waals surface area contributed by atoms with Gasteiger partial charge in [-0.3, -0.25) is 14.3 Å². The molecule has 0 radical (unpaired) electrons. The Labute approximate surface area is 147 Å². The van der Waals surface area contributed by atoms with Crippen LogP contribution in [0.15, 0.2) is 12.3 Å². The van der Waals surface area contributed by atoms with E-state index in [1.807, 2.05) is 10.9 Å². The van der Waals surface area contributed by atoms with Gasteiger partial charge in [-0.15, -0.1) is 0 Å². The van der Waals surface area contributed by atoms with Crippen LogP contribution in [0.4, 0.5) is 0 Å². The number of hydrogen-bond donors (Lipinski definition) is 2. The van der Waals surface area contributed by atoms with E-state index in [1.165, 1.54) is 0 Å². The minimum absolute atomic E-state index is 0.0198. The molecule has 2 aliphatic heterocycles. The summed E-state index contributed by atoms with van der Waals surface area (Å²) in [6.07, 6.45) is 5.01. The average Bonchev–Trinajstić information content (AvgIpc) is 3.29.